The van der Waals surface area contributed by atoms with Crippen molar-refractivity contribution in [1.29, 1.82) is 0 Å². The van der Waals surface area contributed by atoms with Gasteiger partial charge in [0.2, 0.25) is 11.8 Å². The molecular weight excluding hydrogens is 272 g/mol. The van der Waals surface area contributed by atoms with Crippen LogP contribution in [0.25, 0.3) is 0 Å². The summed E-state index contributed by atoms with van der Waals surface area (Å²) in [5.74, 6) is 0.277. The van der Waals surface area contributed by atoms with Gasteiger partial charge in [0, 0.05) is 12.2 Å². The zero-order valence-corrected chi connectivity index (χ0v) is 13.1. The average Bonchev–Trinajstić information content (AvgIpc) is 2.41. The van der Waals surface area contributed by atoms with Crippen molar-refractivity contribution in [3.63, 3.8) is 0 Å². The number of hydrogen-bond acceptors (Lipinski definition) is 3. The van der Waals surface area contributed by atoms with E-state index in [9.17, 15) is 9.59 Å². The van der Waals surface area contributed by atoms with Gasteiger partial charge in [-0.2, -0.15) is 11.8 Å². The number of benzene rings is 1. The predicted octanol–water partition coefficient (Wildman–Crippen LogP) is 2.54. The van der Waals surface area contributed by atoms with Crippen molar-refractivity contribution >= 4 is 29.3 Å². The average molecular weight is 294 g/mol. The lowest BCUT2D eigenvalue weighted by Crippen LogP contribution is -2.39. The van der Waals surface area contributed by atoms with E-state index in [2.05, 4.69) is 5.32 Å². The van der Waals surface area contributed by atoms with Crippen molar-refractivity contribution in [3.8, 4) is 0 Å². The fourth-order valence-electron chi connectivity index (χ4n) is 1.85. The normalized spacial score (nSPS) is 10.2. The summed E-state index contributed by atoms with van der Waals surface area (Å²) in [5.41, 5.74) is 1.81. The number of para-hydroxylation sites is 1. The Morgan fingerprint density at radius 1 is 1.30 bits per heavy atom. The third-order valence-electron chi connectivity index (χ3n) is 2.87. The van der Waals surface area contributed by atoms with Gasteiger partial charge in [-0.05, 0) is 31.2 Å². The van der Waals surface area contributed by atoms with Gasteiger partial charge in [-0.3, -0.25) is 9.59 Å². The third kappa shape index (κ3) is 5.25. The van der Waals surface area contributed by atoms with Crippen LogP contribution in [0.3, 0.4) is 0 Å². The second-order valence-electron chi connectivity index (χ2n) is 4.61. The summed E-state index contributed by atoms with van der Waals surface area (Å²) in [6.45, 7) is 4.67. The molecule has 2 amide bonds. The SMILES string of the molecule is CCCN(CC(=O)Nc1ccccc1C)C(=O)CSC. The van der Waals surface area contributed by atoms with Crippen LogP contribution in [0.15, 0.2) is 24.3 Å². The highest BCUT2D eigenvalue weighted by Gasteiger charge is 2.16. The van der Waals surface area contributed by atoms with Gasteiger partial charge in [-0.1, -0.05) is 25.1 Å². The van der Waals surface area contributed by atoms with Crippen LogP contribution in [0.2, 0.25) is 0 Å². The van der Waals surface area contributed by atoms with Crippen LogP contribution < -0.4 is 5.32 Å². The van der Waals surface area contributed by atoms with E-state index in [4.69, 9.17) is 0 Å². The molecule has 0 saturated carbocycles. The molecular formula is C15H22N2O2S. The molecule has 0 atom stereocenters. The Kier molecular flexibility index (Phi) is 7.15. The number of rotatable bonds is 7. The van der Waals surface area contributed by atoms with Gasteiger partial charge in [0.15, 0.2) is 0 Å². The molecule has 1 aromatic carbocycles. The van der Waals surface area contributed by atoms with Gasteiger partial charge in [0.25, 0.3) is 0 Å². The monoisotopic (exact) mass is 294 g/mol. The molecule has 0 radical (unpaired) electrons. The van der Waals surface area contributed by atoms with E-state index in [1.54, 1.807) is 4.90 Å². The number of thioether (sulfide) groups is 1. The highest BCUT2D eigenvalue weighted by molar-refractivity contribution is 7.99. The van der Waals surface area contributed by atoms with E-state index in [1.807, 2.05) is 44.4 Å². The first-order chi connectivity index (χ1) is 9.58. The van der Waals surface area contributed by atoms with Gasteiger partial charge >= 0.3 is 0 Å². The summed E-state index contributed by atoms with van der Waals surface area (Å²) in [7, 11) is 0. The molecule has 110 valence electrons. The van der Waals surface area contributed by atoms with Crippen LogP contribution in [0, 0.1) is 6.92 Å². The Morgan fingerprint density at radius 2 is 2.00 bits per heavy atom. The lowest BCUT2D eigenvalue weighted by molar-refractivity contribution is -0.132. The highest BCUT2D eigenvalue weighted by Crippen LogP contribution is 2.13. The highest BCUT2D eigenvalue weighted by atomic mass is 32.2. The lowest BCUT2D eigenvalue weighted by atomic mass is 10.2. The number of amides is 2. The first kappa shape index (κ1) is 16.6. The van der Waals surface area contributed by atoms with E-state index in [0.717, 1.165) is 17.7 Å². The molecule has 0 aliphatic heterocycles. The van der Waals surface area contributed by atoms with Crippen LogP contribution in [-0.4, -0.2) is 41.8 Å². The smallest absolute Gasteiger partial charge is 0.244 e. The second-order valence-corrected chi connectivity index (χ2v) is 5.48. The van der Waals surface area contributed by atoms with Gasteiger partial charge in [-0.25, -0.2) is 0 Å². The Morgan fingerprint density at radius 3 is 2.60 bits per heavy atom. The molecule has 4 nitrogen and oxygen atoms in total. The van der Waals surface area contributed by atoms with Crippen LogP contribution >= 0.6 is 11.8 Å². The maximum Gasteiger partial charge on any atom is 0.244 e. The number of anilines is 1. The largest absolute Gasteiger partial charge is 0.333 e. The minimum atomic E-state index is -0.151. The van der Waals surface area contributed by atoms with Crippen molar-refractivity contribution in [3.05, 3.63) is 29.8 Å². The fraction of sp³-hybridized carbons (Fsp3) is 0.467. The Labute approximate surface area is 124 Å². The Bertz CT molecular complexity index is 463. The molecule has 5 heteroatoms. The first-order valence-corrected chi connectivity index (χ1v) is 8.10. The maximum atomic E-state index is 12.0. The Hall–Kier alpha value is -1.49. The van der Waals surface area contributed by atoms with E-state index >= 15 is 0 Å². The number of carbonyl (C=O) groups is 2. The van der Waals surface area contributed by atoms with Crippen LogP contribution in [0.5, 0.6) is 0 Å². The van der Waals surface area contributed by atoms with Crippen LogP contribution in [-0.2, 0) is 9.59 Å². The number of nitrogens with zero attached hydrogens (tertiary/aromatic N) is 1. The molecule has 0 saturated heterocycles. The van der Waals surface area contributed by atoms with Crippen molar-refractivity contribution < 1.29 is 9.59 Å². The van der Waals surface area contributed by atoms with E-state index in [0.29, 0.717) is 12.3 Å². The van der Waals surface area contributed by atoms with E-state index < -0.39 is 0 Å². The standard InChI is InChI=1S/C15H22N2O2S/c1-4-9-17(15(19)11-20-3)10-14(18)16-13-8-6-5-7-12(13)2/h5-8H,4,9-11H2,1-3H3,(H,16,18). The van der Waals surface area contributed by atoms with Gasteiger partial charge in [0.05, 0.1) is 12.3 Å². The lowest BCUT2D eigenvalue weighted by Gasteiger charge is -2.21. The minimum Gasteiger partial charge on any atom is -0.333 e. The number of hydrogen-bond donors (Lipinski definition) is 1. The molecule has 0 aliphatic rings. The molecule has 1 rings (SSSR count). The van der Waals surface area contributed by atoms with Crippen molar-refractivity contribution in [1.82, 2.24) is 4.90 Å². The summed E-state index contributed by atoms with van der Waals surface area (Å²) in [6, 6.07) is 7.61. The molecule has 0 heterocycles. The van der Waals surface area contributed by atoms with E-state index in [1.165, 1.54) is 11.8 Å². The fourth-order valence-corrected chi connectivity index (χ4v) is 2.28. The second kappa shape index (κ2) is 8.64. The summed E-state index contributed by atoms with van der Waals surface area (Å²) < 4.78 is 0. The minimum absolute atomic E-state index is 0.0132. The summed E-state index contributed by atoms with van der Waals surface area (Å²) in [4.78, 5) is 25.6. The van der Waals surface area contributed by atoms with Crippen molar-refractivity contribution in [2.45, 2.75) is 20.3 Å². The molecule has 20 heavy (non-hydrogen) atoms. The number of carbonyl (C=O) groups excluding carboxylic acids is 2. The molecule has 0 spiro atoms. The zero-order chi connectivity index (χ0) is 15.0. The van der Waals surface area contributed by atoms with Crippen LogP contribution in [0.4, 0.5) is 5.69 Å². The summed E-state index contributed by atoms with van der Waals surface area (Å²) in [5, 5.41) is 2.86. The topological polar surface area (TPSA) is 49.4 Å². The van der Waals surface area contributed by atoms with Crippen molar-refractivity contribution in [2.75, 3.05) is 30.4 Å². The first-order valence-electron chi connectivity index (χ1n) is 6.70. The Balaban J connectivity index is 2.62. The molecule has 0 aliphatic carbocycles. The molecule has 1 N–H and O–H groups in total. The summed E-state index contributed by atoms with van der Waals surface area (Å²) >= 11 is 1.47. The number of nitrogens with one attached hydrogen (secondary N) is 1. The van der Waals surface area contributed by atoms with Gasteiger partial charge < -0.3 is 10.2 Å². The molecule has 0 unspecified atom stereocenters. The van der Waals surface area contributed by atoms with Gasteiger partial charge in [-0.15, -0.1) is 0 Å². The third-order valence-corrected chi connectivity index (χ3v) is 3.40. The molecule has 1 aromatic rings. The van der Waals surface area contributed by atoms with E-state index in [-0.39, 0.29) is 18.4 Å². The van der Waals surface area contributed by atoms with Gasteiger partial charge in [0.1, 0.15) is 0 Å². The van der Waals surface area contributed by atoms with Crippen LogP contribution in [0.1, 0.15) is 18.9 Å². The molecule has 0 aromatic heterocycles. The summed E-state index contributed by atoms with van der Waals surface area (Å²) in [6.07, 6.45) is 2.73. The maximum absolute atomic E-state index is 12.0. The molecule has 0 bridgehead atoms. The molecule has 0 fully saturated rings. The number of aryl methyl sites for hydroxylation is 1. The zero-order valence-electron chi connectivity index (χ0n) is 12.3. The predicted molar refractivity (Wildman–Crippen MR) is 85.1 cm³/mol. The van der Waals surface area contributed by atoms with Crippen molar-refractivity contribution in [2.24, 2.45) is 0 Å². The quantitative estimate of drug-likeness (QED) is 0.840.